The van der Waals surface area contributed by atoms with Gasteiger partial charge in [0.15, 0.2) is 0 Å². The van der Waals surface area contributed by atoms with Crippen LogP contribution in [0.25, 0.3) is 0 Å². The number of nitrogens with one attached hydrogen (secondary N) is 3. The van der Waals surface area contributed by atoms with E-state index in [1.165, 1.54) is 25.1 Å². The van der Waals surface area contributed by atoms with Gasteiger partial charge in [0.05, 0.1) is 4.90 Å². The number of carbonyl (C=O) groups is 2. The van der Waals surface area contributed by atoms with Crippen molar-refractivity contribution in [3.63, 3.8) is 0 Å². The number of rotatable bonds is 6. The third-order valence-electron chi connectivity index (χ3n) is 3.59. The van der Waals surface area contributed by atoms with Gasteiger partial charge in [-0.25, -0.2) is 13.1 Å². The summed E-state index contributed by atoms with van der Waals surface area (Å²) in [5.74, 6) is -0.605. The summed E-state index contributed by atoms with van der Waals surface area (Å²) in [6.07, 6.45) is 0. The van der Waals surface area contributed by atoms with Crippen molar-refractivity contribution in [3.8, 4) is 0 Å². The van der Waals surface area contributed by atoms with Gasteiger partial charge in [-0.3, -0.25) is 9.59 Å². The second-order valence-corrected chi connectivity index (χ2v) is 8.18. The average molecular weight is 389 g/mol. The van der Waals surface area contributed by atoms with Crippen LogP contribution in [0.4, 0.5) is 11.4 Å². The summed E-state index contributed by atoms with van der Waals surface area (Å²) in [5, 5.41) is 5.43. The van der Waals surface area contributed by atoms with Crippen molar-refractivity contribution in [2.45, 2.75) is 38.6 Å². The molecule has 144 valence electrons. The van der Waals surface area contributed by atoms with Gasteiger partial charge in [-0.1, -0.05) is 6.07 Å². The summed E-state index contributed by atoms with van der Waals surface area (Å²) >= 11 is 0. The molecule has 0 aromatic heterocycles. The maximum atomic E-state index is 12.5. The number of hydrogen-bond acceptors (Lipinski definition) is 4. The predicted octanol–water partition coefficient (Wildman–Crippen LogP) is 2.89. The Morgan fingerprint density at radius 3 is 2.30 bits per heavy atom. The number of benzene rings is 2. The minimum Gasteiger partial charge on any atom is -0.326 e. The molecule has 2 rings (SSSR count). The van der Waals surface area contributed by atoms with E-state index in [9.17, 15) is 18.0 Å². The first-order valence-corrected chi connectivity index (χ1v) is 9.89. The van der Waals surface area contributed by atoms with Gasteiger partial charge >= 0.3 is 0 Å². The molecule has 0 saturated carbocycles. The fourth-order valence-corrected chi connectivity index (χ4v) is 3.75. The monoisotopic (exact) mass is 389 g/mol. The van der Waals surface area contributed by atoms with Crippen LogP contribution in [0.2, 0.25) is 0 Å². The molecule has 2 aromatic rings. The van der Waals surface area contributed by atoms with Crippen molar-refractivity contribution in [2.75, 3.05) is 10.6 Å². The first-order valence-electron chi connectivity index (χ1n) is 8.40. The Morgan fingerprint density at radius 2 is 1.70 bits per heavy atom. The molecular formula is C19H23N3O4S. The number of amides is 2. The minimum absolute atomic E-state index is 0.0287. The molecule has 27 heavy (non-hydrogen) atoms. The third kappa shape index (κ3) is 5.63. The Labute approximate surface area is 159 Å². The van der Waals surface area contributed by atoms with Crippen LogP contribution in [0.15, 0.2) is 47.4 Å². The minimum atomic E-state index is -3.68. The molecule has 0 heterocycles. The standard InChI is InChI=1S/C19H23N3O4S/c1-12(2)22-27(25,26)17-7-5-6-15(11-17)19(24)21-16-8-9-18(13(3)10-16)20-14(4)23/h5-12,22H,1-4H3,(H,20,23)(H,21,24). The van der Waals surface area contributed by atoms with Gasteiger partial charge in [-0.2, -0.15) is 0 Å². The van der Waals surface area contributed by atoms with Gasteiger partial charge in [0.2, 0.25) is 15.9 Å². The van der Waals surface area contributed by atoms with E-state index in [4.69, 9.17) is 0 Å². The molecule has 0 unspecified atom stereocenters. The summed E-state index contributed by atoms with van der Waals surface area (Å²) in [5.41, 5.74) is 2.22. The van der Waals surface area contributed by atoms with Crippen LogP contribution in [0.3, 0.4) is 0 Å². The molecular weight excluding hydrogens is 366 g/mol. The smallest absolute Gasteiger partial charge is 0.255 e. The zero-order valence-corrected chi connectivity index (χ0v) is 16.5. The Kier molecular flexibility index (Phi) is 6.35. The van der Waals surface area contributed by atoms with Crippen LogP contribution in [0.5, 0.6) is 0 Å². The van der Waals surface area contributed by atoms with Gasteiger partial charge in [-0.15, -0.1) is 0 Å². The number of hydrogen-bond donors (Lipinski definition) is 3. The zero-order chi connectivity index (χ0) is 20.2. The number of sulfonamides is 1. The molecule has 7 nitrogen and oxygen atoms in total. The summed E-state index contributed by atoms with van der Waals surface area (Å²) < 4.78 is 27.0. The Bertz CT molecular complexity index is 969. The maximum Gasteiger partial charge on any atom is 0.255 e. The molecule has 0 aliphatic carbocycles. The fraction of sp³-hybridized carbons (Fsp3) is 0.263. The molecule has 2 amide bonds. The van der Waals surface area contributed by atoms with Crippen molar-refractivity contribution in [1.82, 2.24) is 4.72 Å². The molecule has 3 N–H and O–H groups in total. The molecule has 0 aliphatic heterocycles. The first-order chi connectivity index (χ1) is 12.6. The van der Waals surface area contributed by atoms with Crippen molar-refractivity contribution in [3.05, 3.63) is 53.6 Å². The number of carbonyl (C=O) groups excluding carboxylic acids is 2. The van der Waals surface area contributed by atoms with Gasteiger partial charge in [0.25, 0.3) is 5.91 Å². The van der Waals surface area contributed by atoms with E-state index in [1.807, 2.05) is 6.92 Å². The van der Waals surface area contributed by atoms with Crippen molar-refractivity contribution < 1.29 is 18.0 Å². The molecule has 0 aliphatic rings. The third-order valence-corrected chi connectivity index (χ3v) is 5.25. The highest BCUT2D eigenvalue weighted by molar-refractivity contribution is 7.89. The van der Waals surface area contributed by atoms with Gasteiger partial charge < -0.3 is 10.6 Å². The Hall–Kier alpha value is -2.71. The van der Waals surface area contributed by atoms with Gasteiger partial charge in [0.1, 0.15) is 0 Å². The van der Waals surface area contributed by atoms with Crippen LogP contribution in [-0.2, 0) is 14.8 Å². The Balaban J connectivity index is 2.20. The van der Waals surface area contributed by atoms with E-state index in [-0.39, 0.29) is 22.4 Å². The molecule has 2 aromatic carbocycles. The summed E-state index contributed by atoms with van der Waals surface area (Å²) in [7, 11) is -3.68. The van der Waals surface area contributed by atoms with Gasteiger partial charge in [0, 0.05) is 29.9 Å². The van der Waals surface area contributed by atoms with E-state index in [0.29, 0.717) is 11.4 Å². The summed E-state index contributed by atoms with van der Waals surface area (Å²) in [6, 6.07) is 10.7. The second-order valence-electron chi connectivity index (χ2n) is 6.47. The molecule has 0 fully saturated rings. The van der Waals surface area contributed by atoms with Crippen molar-refractivity contribution >= 4 is 33.2 Å². The van der Waals surface area contributed by atoms with E-state index >= 15 is 0 Å². The SMILES string of the molecule is CC(=O)Nc1ccc(NC(=O)c2cccc(S(=O)(=O)NC(C)C)c2)cc1C. The molecule has 8 heteroatoms. The number of anilines is 2. The lowest BCUT2D eigenvalue weighted by molar-refractivity contribution is -0.114. The lowest BCUT2D eigenvalue weighted by atomic mass is 10.1. The molecule has 0 bridgehead atoms. The quantitative estimate of drug-likeness (QED) is 0.706. The maximum absolute atomic E-state index is 12.5. The van der Waals surface area contributed by atoms with Crippen LogP contribution in [0.1, 0.15) is 36.7 Å². The fourth-order valence-electron chi connectivity index (χ4n) is 2.46. The normalized spacial score (nSPS) is 11.3. The lowest BCUT2D eigenvalue weighted by Crippen LogP contribution is -2.30. The van der Waals surface area contributed by atoms with Crippen LogP contribution >= 0.6 is 0 Å². The van der Waals surface area contributed by atoms with Crippen molar-refractivity contribution in [2.24, 2.45) is 0 Å². The van der Waals surface area contributed by atoms with E-state index < -0.39 is 15.9 Å². The highest BCUT2D eigenvalue weighted by atomic mass is 32.2. The van der Waals surface area contributed by atoms with Crippen LogP contribution < -0.4 is 15.4 Å². The van der Waals surface area contributed by atoms with Crippen molar-refractivity contribution in [1.29, 1.82) is 0 Å². The highest BCUT2D eigenvalue weighted by Gasteiger charge is 2.17. The van der Waals surface area contributed by atoms with E-state index in [1.54, 1.807) is 38.1 Å². The first kappa shape index (κ1) is 20.6. The summed E-state index contributed by atoms with van der Waals surface area (Å²) in [6.45, 7) is 6.68. The largest absolute Gasteiger partial charge is 0.326 e. The second kappa shape index (κ2) is 8.32. The number of aryl methyl sites for hydroxylation is 1. The topological polar surface area (TPSA) is 104 Å². The Morgan fingerprint density at radius 1 is 1.00 bits per heavy atom. The molecule has 0 saturated heterocycles. The van der Waals surface area contributed by atoms with Gasteiger partial charge in [-0.05, 0) is 62.7 Å². The van der Waals surface area contributed by atoms with Crippen LogP contribution in [0, 0.1) is 6.92 Å². The molecule has 0 atom stereocenters. The summed E-state index contributed by atoms with van der Waals surface area (Å²) in [4.78, 5) is 23.7. The molecule has 0 spiro atoms. The average Bonchev–Trinajstić information content (AvgIpc) is 2.56. The lowest BCUT2D eigenvalue weighted by Gasteiger charge is -2.12. The predicted molar refractivity (Wildman–Crippen MR) is 105 cm³/mol. The van der Waals surface area contributed by atoms with E-state index in [2.05, 4.69) is 15.4 Å². The van der Waals surface area contributed by atoms with E-state index in [0.717, 1.165) is 5.56 Å². The molecule has 0 radical (unpaired) electrons. The van der Waals surface area contributed by atoms with Crippen LogP contribution in [-0.4, -0.2) is 26.3 Å². The zero-order valence-electron chi connectivity index (χ0n) is 15.7. The highest BCUT2D eigenvalue weighted by Crippen LogP contribution is 2.21.